The number of benzene rings is 5. The Bertz CT molecular complexity index is 3710. The largest absolute Gasteiger partial charge is 0.352 e. The maximum atomic E-state index is 14.4. The maximum absolute atomic E-state index is 14.4. The van der Waals surface area contributed by atoms with Crippen molar-refractivity contribution < 1.29 is 65.0 Å². The van der Waals surface area contributed by atoms with Crippen molar-refractivity contribution in [2.75, 3.05) is 27.8 Å². The molecule has 7 rings (SSSR count). The zero-order valence-corrected chi connectivity index (χ0v) is 38.4. The van der Waals surface area contributed by atoms with E-state index in [-0.39, 0.29) is 62.7 Å². The minimum Gasteiger partial charge on any atom is -0.352 e. The summed E-state index contributed by atoms with van der Waals surface area (Å²) in [6.07, 6.45) is -1.13. The second-order valence-corrected chi connectivity index (χ2v) is 20.7. The summed E-state index contributed by atoms with van der Waals surface area (Å²) >= 11 is 4.00. The van der Waals surface area contributed by atoms with Gasteiger partial charge in [-0.25, -0.2) is 4.21 Å². The lowest BCUT2D eigenvalue weighted by Crippen LogP contribution is -2.27. The Balaban J connectivity index is 1.17. The molecule has 2 aromatic heterocycles. The quantitative estimate of drug-likeness (QED) is 0.0326. The number of hydrogen-bond acceptors (Lipinski definition) is 21. The minimum absolute atomic E-state index is 0.0182. The molecule has 0 radical (unpaired) electrons. The van der Waals surface area contributed by atoms with Crippen LogP contribution < -0.4 is 21.3 Å². The lowest BCUT2D eigenvalue weighted by atomic mass is 10.1. The predicted octanol–water partition coefficient (Wildman–Crippen LogP) is 5.54. The molecule has 68 heavy (non-hydrogen) atoms. The summed E-state index contributed by atoms with van der Waals surface area (Å²) in [6.45, 7) is 1.67. The summed E-state index contributed by atoms with van der Waals surface area (Å²) in [5.41, 5.74) is -0.694. The van der Waals surface area contributed by atoms with Crippen LogP contribution in [0.25, 0.3) is 21.5 Å². The van der Waals surface area contributed by atoms with E-state index >= 15 is 0 Å². The first-order chi connectivity index (χ1) is 31.7. The standard InChI is InChI=1S/C35H28ClFN12O14S5/c1-16(39-33-44-31(37)45-34(47-33)40-18-5-7-19(8-6-18)64(50)51)15-38-32-42-30(36)43-35(46-32)41-24-10-9-23(21-3-2-4-26(29(21)24)66(55,56)57)48-49-25-14-22-17(12-28(25)68(61,62)63)11-20(65(52,53)54)13-27(22)67(58,59)60/h2-14,16H,15H2,1H3,(H,50,51)(H,52,53,54)(H,55,56,57)(H,58,59,60)(H,61,62,63)(H2,38,41,42,43,46)(H2,39,40,44,45,47). The van der Waals surface area contributed by atoms with Gasteiger partial charge in [0.2, 0.25) is 29.1 Å². The van der Waals surface area contributed by atoms with Crippen LogP contribution in [0.1, 0.15) is 6.92 Å². The summed E-state index contributed by atoms with van der Waals surface area (Å²) in [5.74, 6) is -0.767. The first-order valence-electron chi connectivity index (χ1n) is 18.3. The Morgan fingerprint density at radius 2 is 1.28 bits per heavy atom. The van der Waals surface area contributed by atoms with Gasteiger partial charge < -0.3 is 25.8 Å². The van der Waals surface area contributed by atoms with Gasteiger partial charge in [0.05, 0.1) is 21.2 Å². The molecule has 0 fully saturated rings. The predicted molar refractivity (Wildman–Crippen MR) is 240 cm³/mol. The highest BCUT2D eigenvalue weighted by Gasteiger charge is 2.26. The van der Waals surface area contributed by atoms with Crippen molar-refractivity contribution in [2.24, 2.45) is 10.2 Å². The van der Waals surface area contributed by atoms with E-state index in [2.05, 4.69) is 61.4 Å². The topological polar surface area (TPSA) is 405 Å². The summed E-state index contributed by atoms with van der Waals surface area (Å²) in [4.78, 5) is 19.9. The van der Waals surface area contributed by atoms with Crippen LogP contribution >= 0.6 is 11.6 Å². The highest BCUT2D eigenvalue weighted by Crippen LogP contribution is 2.40. The molecule has 9 N–H and O–H groups in total. The van der Waals surface area contributed by atoms with Gasteiger partial charge in [0.1, 0.15) is 20.4 Å². The average Bonchev–Trinajstić information content (AvgIpc) is 3.23. The second kappa shape index (κ2) is 18.8. The van der Waals surface area contributed by atoms with Gasteiger partial charge in [0, 0.05) is 34.4 Å². The number of rotatable bonds is 16. The van der Waals surface area contributed by atoms with Crippen LogP contribution in [0.5, 0.6) is 0 Å². The van der Waals surface area contributed by atoms with Gasteiger partial charge in [-0.1, -0.05) is 12.1 Å². The van der Waals surface area contributed by atoms with Crippen molar-refractivity contribution in [1.82, 2.24) is 29.9 Å². The van der Waals surface area contributed by atoms with Crippen molar-refractivity contribution in [2.45, 2.75) is 37.4 Å². The zero-order chi connectivity index (χ0) is 49.5. The van der Waals surface area contributed by atoms with E-state index in [0.29, 0.717) is 23.9 Å². The highest BCUT2D eigenvalue weighted by atomic mass is 35.5. The molecule has 5 aromatic carbocycles. The Kier molecular flexibility index (Phi) is 13.7. The van der Waals surface area contributed by atoms with Gasteiger partial charge in [-0.05, 0) is 90.6 Å². The molecule has 26 nitrogen and oxygen atoms in total. The Labute approximate surface area is 389 Å². The van der Waals surface area contributed by atoms with Crippen LogP contribution in [0.3, 0.4) is 0 Å². The number of aromatic nitrogens is 6. The van der Waals surface area contributed by atoms with Gasteiger partial charge in [-0.3, -0.25) is 18.2 Å². The second-order valence-electron chi connectivity index (χ2n) is 13.8. The summed E-state index contributed by atoms with van der Waals surface area (Å²) < 4.78 is 173. The average molecular weight is 1060 g/mol. The van der Waals surface area contributed by atoms with Crippen LogP contribution in [0, 0.1) is 6.08 Å². The summed E-state index contributed by atoms with van der Waals surface area (Å²) in [7, 11) is -20.7. The van der Waals surface area contributed by atoms with E-state index in [1.807, 2.05) is 0 Å². The van der Waals surface area contributed by atoms with E-state index in [1.165, 1.54) is 48.5 Å². The van der Waals surface area contributed by atoms with Gasteiger partial charge in [0.25, 0.3) is 40.5 Å². The van der Waals surface area contributed by atoms with E-state index < -0.39 is 99.7 Å². The SMILES string of the molecule is CC(CNc1nc(Cl)nc(Nc2ccc(N=Nc3cc4c(S(=O)(=O)O)cc(S(=O)(=O)O)cc4cc3S(=O)(=O)O)c3cccc(S(=O)(=O)O)c23)n1)Nc1nc(F)nc(Nc2ccc(S(=O)O)cc2)n1. The minimum atomic E-state index is -5.27. The molecule has 7 aromatic rings. The fraction of sp³-hybridized carbons (Fsp3) is 0.0857. The zero-order valence-electron chi connectivity index (χ0n) is 33.6. The monoisotopic (exact) mass is 1050 g/mol. The van der Waals surface area contributed by atoms with Crippen molar-refractivity contribution >= 4 is 131 Å². The Morgan fingerprint density at radius 3 is 1.93 bits per heavy atom. The molecule has 0 aliphatic rings. The highest BCUT2D eigenvalue weighted by molar-refractivity contribution is 7.87. The third-order valence-electron chi connectivity index (χ3n) is 9.06. The first kappa shape index (κ1) is 49.3. The lowest BCUT2D eigenvalue weighted by Gasteiger charge is -2.16. The fourth-order valence-corrected chi connectivity index (χ4v) is 9.46. The fourth-order valence-electron chi connectivity index (χ4n) is 6.21. The number of fused-ring (bicyclic) bond motifs is 2. The molecular formula is C35H28ClFN12O14S5. The van der Waals surface area contributed by atoms with Crippen molar-refractivity contribution in [3.8, 4) is 0 Å². The van der Waals surface area contributed by atoms with Gasteiger partial charge >= 0.3 is 6.08 Å². The number of halogens is 2. The third kappa shape index (κ3) is 11.6. The molecule has 0 aliphatic carbocycles. The van der Waals surface area contributed by atoms with Crippen LogP contribution in [0.4, 0.5) is 50.9 Å². The smallest absolute Gasteiger partial charge is 0.315 e. The number of azo groups is 1. The van der Waals surface area contributed by atoms with Crippen molar-refractivity contribution in [1.29, 1.82) is 0 Å². The molecule has 0 saturated heterocycles. The Hall–Kier alpha value is -6.59. The number of nitrogens with zero attached hydrogens (tertiary/aromatic N) is 8. The van der Waals surface area contributed by atoms with Crippen molar-refractivity contribution in [3.05, 3.63) is 90.2 Å². The molecule has 33 heteroatoms. The molecular weight excluding hydrogens is 1030 g/mol. The molecule has 2 atom stereocenters. The van der Waals surface area contributed by atoms with E-state index in [9.17, 15) is 65.0 Å². The molecule has 0 saturated carbocycles. The molecule has 356 valence electrons. The third-order valence-corrected chi connectivity index (χ3v) is 13.4. The van der Waals surface area contributed by atoms with E-state index in [1.54, 1.807) is 6.92 Å². The summed E-state index contributed by atoms with van der Waals surface area (Å²) in [5, 5.41) is 17.4. The van der Waals surface area contributed by atoms with E-state index in [0.717, 1.165) is 12.1 Å². The maximum Gasteiger partial charge on any atom is 0.315 e. The molecule has 2 heterocycles. The summed E-state index contributed by atoms with van der Waals surface area (Å²) in [6, 6.07) is 13.5. The molecule has 2 unspecified atom stereocenters. The molecule has 0 spiro atoms. The number of nitrogens with one attached hydrogen (secondary N) is 4. The van der Waals surface area contributed by atoms with Crippen molar-refractivity contribution in [3.63, 3.8) is 0 Å². The van der Waals surface area contributed by atoms with Gasteiger partial charge in [0.15, 0.2) is 11.1 Å². The lowest BCUT2D eigenvalue weighted by molar-refractivity contribution is 0.479. The number of anilines is 6. The normalized spacial score (nSPS) is 13.4. The first-order valence-corrected chi connectivity index (χ1v) is 25.6. The van der Waals surface area contributed by atoms with Crippen LogP contribution in [0.2, 0.25) is 5.28 Å². The van der Waals surface area contributed by atoms with Crippen LogP contribution in [0.15, 0.2) is 114 Å². The molecule has 0 aliphatic heterocycles. The van der Waals surface area contributed by atoms with Crippen LogP contribution in [-0.4, -0.2) is 103 Å². The molecule has 0 amide bonds. The number of hydrogen-bond donors (Lipinski definition) is 9. The van der Waals surface area contributed by atoms with E-state index in [4.69, 9.17) is 11.6 Å². The molecule has 0 bridgehead atoms. The van der Waals surface area contributed by atoms with Gasteiger partial charge in [-0.2, -0.15) is 68.0 Å². The van der Waals surface area contributed by atoms with Crippen LogP contribution in [-0.2, 0) is 51.6 Å². The Morgan fingerprint density at radius 1 is 0.662 bits per heavy atom. The van der Waals surface area contributed by atoms with Gasteiger partial charge in [-0.15, -0.1) is 10.2 Å².